The summed E-state index contributed by atoms with van der Waals surface area (Å²) in [5.41, 5.74) is 0. The monoisotopic (exact) mass is 595 g/mol. The Kier molecular flexibility index (Phi) is 9.71. The van der Waals surface area contributed by atoms with E-state index in [2.05, 4.69) is 8.37 Å². The first-order chi connectivity index (χ1) is 16.2. The molecule has 2 heterocycles. The lowest BCUT2D eigenvalue weighted by atomic mass is 9.96. The molecule has 0 aliphatic carbocycles. The van der Waals surface area contributed by atoms with Crippen molar-refractivity contribution in [3.05, 3.63) is 0 Å². The number of carboxylic acids is 1. The van der Waals surface area contributed by atoms with E-state index < -0.39 is 105 Å². The van der Waals surface area contributed by atoms with Gasteiger partial charge in [-0.25, -0.2) is 13.2 Å². The van der Waals surface area contributed by atoms with Gasteiger partial charge in [-0.05, 0) is 0 Å². The first-order valence-corrected chi connectivity index (χ1v) is 13.3. The lowest BCUT2D eigenvalue weighted by molar-refractivity contribution is -0.336. The van der Waals surface area contributed by atoms with Crippen LogP contribution in [0.25, 0.3) is 0 Å². The van der Waals surface area contributed by atoms with Crippen LogP contribution in [0.5, 0.6) is 0 Å². The standard InChI is InChI=1S/C12H21NO20S3/c14-4-3(13-34(20,21)22)11(19)30-2(1-29-35(23,24)25)7(4)31-12-9(33-36(26,27)28)6(16)5(15)8(32-12)10(17)18/h2-9,11-16,19H,1H2,(H,17,18)(H,20,21,22)(H,23,24,25)(H,26,27,28)/t2-,3?,4-,5?,6+,7?,8+,9?,11+,12?/m1/s1. The van der Waals surface area contributed by atoms with E-state index in [9.17, 15) is 50.5 Å². The summed E-state index contributed by atoms with van der Waals surface area (Å²) in [6.45, 7) is -1.29. The second kappa shape index (κ2) is 11.3. The fourth-order valence-corrected chi connectivity index (χ4v) is 4.63. The van der Waals surface area contributed by atoms with Gasteiger partial charge in [-0.3, -0.25) is 13.7 Å². The van der Waals surface area contributed by atoms with Crippen LogP contribution in [-0.2, 0) is 58.5 Å². The molecule has 2 aliphatic heterocycles. The van der Waals surface area contributed by atoms with Crippen LogP contribution in [0.3, 0.4) is 0 Å². The van der Waals surface area contributed by atoms with Crippen molar-refractivity contribution in [1.29, 1.82) is 0 Å². The third-order valence-electron chi connectivity index (χ3n) is 4.67. The van der Waals surface area contributed by atoms with E-state index >= 15 is 0 Å². The van der Waals surface area contributed by atoms with Crippen LogP contribution in [-0.4, -0.2) is 138 Å². The molecule has 9 N–H and O–H groups in total. The van der Waals surface area contributed by atoms with Gasteiger partial charge in [0.1, 0.15) is 36.6 Å². The van der Waals surface area contributed by atoms with Gasteiger partial charge in [-0.1, -0.05) is 0 Å². The molecule has 0 amide bonds. The Morgan fingerprint density at radius 2 is 1.42 bits per heavy atom. The number of hydrogen-bond donors (Lipinski definition) is 9. The van der Waals surface area contributed by atoms with Crippen LogP contribution >= 0.6 is 0 Å². The topological polar surface area (TPSA) is 340 Å². The molecule has 2 rings (SSSR count). The van der Waals surface area contributed by atoms with Gasteiger partial charge in [-0.15, -0.1) is 0 Å². The third kappa shape index (κ3) is 8.41. The Morgan fingerprint density at radius 1 is 0.833 bits per heavy atom. The first-order valence-electron chi connectivity index (χ1n) is 9.14. The van der Waals surface area contributed by atoms with Gasteiger partial charge >= 0.3 is 37.1 Å². The van der Waals surface area contributed by atoms with Crippen LogP contribution in [0.4, 0.5) is 0 Å². The Labute approximate surface area is 201 Å². The van der Waals surface area contributed by atoms with Gasteiger partial charge in [0.05, 0.1) is 6.61 Å². The van der Waals surface area contributed by atoms with Crippen molar-refractivity contribution in [2.24, 2.45) is 0 Å². The van der Waals surface area contributed by atoms with Crippen molar-refractivity contribution in [3.8, 4) is 0 Å². The van der Waals surface area contributed by atoms with E-state index in [0.29, 0.717) is 0 Å². The van der Waals surface area contributed by atoms with Crippen molar-refractivity contribution >= 4 is 37.1 Å². The predicted molar refractivity (Wildman–Crippen MR) is 102 cm³/mol. The number of ether oxygens (including phenoxy) is 3. The molecule has 212 valence electrons. The Morgan fingerprint density at radius 3 is 1.89 bits per heavy atom. The molecule has 0 bridgehead atoms. The number of aliphatic carboxylic acids is 1. The highest BCUT2D eigenvalue weighted by Gasteiger charge is 2.54. The molecular formula is C12H21NO20S3. The van der Waals surface area contributed by atoms with Crippen molar-refractivity contribution < 1.29 is 91.8 Å². The van der Waals surface area contributed by atoms with Gasteiger partial charge in [0.2, 0.25) is 0 Å². The molecule has 2 fully saturated rings. The SMILES string of the molecule is O=C(O)[C@H]1OC(OC2[C@H](O)C(NS(=O)(=O)O)[C@@H](O)O[C@@H]2COS(=O)(=O)O)C(OS(=O)(=O)O)[C@@H](O)C1O. The molecule has 0 radical (unpaired) electrons. The molecule has 0 saturated carbocycles. The first kappa shape index (κ1) is 31.0. The van der Waals surface area contributed by atoms with Gasteiger partial charge < -0.3 is 39.7 Å². The molecule has 24 heteroatoms. The number of hydrogen-bond acceptors (Lipinski definition) is 16. The lowest BCUT2D eigenvalue weighted by Crippen LogP contribution is -2.67. The Bertz CT molecular complexity index is 1100. The number of aliphatic hydroxyl groups excluding tert-OH is 4. The van der Waals surface area contributed by atoms with Crippen molar-refractivity contribution in [3.63, 3.8) is 0 Å². The minimum absolute atomic E-state index is 1.29. The van der Waals surface area contributed by atoms with Gasteiger partial charge in [0.25, 0.3) is 0 Å². The highest BCUT2D eigenvalue weighted by atomic mass is 32.3. The third-order valence-corrected chi connectivity index (χ3v) is 6.14. The second-order valence-electron chi connectivity index (χ2n) is 7.22. The average molecular weight is 595 g/mol. The van der Waals surface area contributed by atoms with E-state index in [1.54, 1.807) is 0 Å². The number of rotatable bonds is 10. The number of nitrogens with one attached hydrogen (secondary N) is 1. The summed E-state index contributed by atoms with van der Waals surface area (Å²) in [5, 5.41) is 49.7. The fourth-order valence-electron chi connectivity index (χ4n) is 3.24. The highest BCUT2D eigenvalue weighted by Crippen LogP contribution is 2.31. The number of carboxylic acid groups (broad SMARTS) is 1. The minimum atomic E-state index is -5.47. The molecule has 0 aromatic rings. The van der Waals surface area contributed by atoms with Crippen LogP contribution in [0.2, 0.25) is 0 Å². The molecule has 5 unspecified atom stereocenters. The molecule has 0 aromatic carbocycles. The molecule has 21 nitrogen and oxygen atoms in total. The summed E-state index contributed by atoms with van der Waals surface area (Å²) in [4.78, 5) is 11.3. The maximum atomic E-state index is 11.3. The summed E-state index contributed by atoms with van der Waals surface area (Å²) in [6, 6.07) is -2.19. The lowest BCUT2D eigenvalue weighted by Gasteiger charge is -2.46. The number of carbonyl (C=O) groups is 1. The molecule has 36 heavy (non-hydrogen) atoms. The summed E-state index contributed by atoms with van der Waals surface area (Å²) >= 11 is 0. The summed E-state index contributed by atoms with van der Waals surface area (Å²) in [6.07, 6.45) is -21.1. The smallest absolute Gasteiger partial charge is 0.397 e. The van der Waals surface area contributed by atoms with Gasteiger partial charge in [-0.2, -0.15) is 30.0 Å². The van der Waals surface area contributed by atoms with Gasteiger partial charge in [0.15, 0.2) is 24.8 Å². The minimum Gasteiger partial charge on any atom is -0.479 e. The summed E-state index contributed by atoms with van der Waals surface area (Å²) < 4.78 is 118. The fraction of sp³-hybridized carbons (Fsp3) is 0.917. The zero-order valence-electron chi connectivity index (χ0n) is 17.2. The zero-order chi connectivity index (χ0) is 27.8. The molecule has 10 atom stereocenters. The molecule has 0 spiro atoms. The molecule has 0 aromatic heterocycles. The van der Waals surface area contributed by atoms with Crippen molar-refractivity contribution in [2.75, 3.05) is 6.61 Å². The molecule has 2 aliphatic rings. The zero-order valence-corrected chi connectivity index (χ0v) is 19.6. The summed E-state index contributed by atoms with van der Waals surface area (Å²) in [7, 11) is -15.8. The van der Waals surface area contributed by atoms with Crippen LogP contribution < -0.4 is 4.72 Å². The highest BCUT2D eigenvalue weighted by molar-refractivity contribution is 7.83. The van der Waals surface area contributed by atoms with Gasteiger partial charge in [0, 0.05) is 0 Å². The van der Waals surface area contributed by atoms with Crippen molar-refractivity contribution in [2.45, 2.75) is 61.3 Å². The quantitative estimate of drug-likeness (QED) is 0.106. The molecule has 2 saturated heterocycles. The maximum absolute atomic E-state index is 11.3. The summed E-state index contributed by atoms with van der Waals surface area (Å²) in [5.74, 6) is -1.94. The Balaban J connectivity index is 2.46. The van der Waals surface area contributed by atoms with Crippen LogP contribution in [0.15, 0.2) is 0 Å². The van der Waals surface area contributed by atoms with E-state index in [1.807, 2.05) is 0 Å². The normalized spacial score (nSPS) is 38.5. The molecular weight excluding hydrogens is 574 g/mol. The van der Waals surface area contributed by atoms with Crippen molar-refractivity contribution in [1.82, 2.24) is 4.72 Å². The van der Waals surface area contributed by atoms with Crippen LogP contribution in [0.1, 0.15) is 0 Å². The second-order valence-corrected chi connectivity index (χ2v) is 10.5. The average Bonchev–Trinajstić information content (AvgIpc) is 2.68. The Hall–Kier alpha value is -1.20. The predicted octanol–water partition coefficient (Wildman–Crippen LogP) is -6.25. The van der Waals surface area contributed by atoms with E-state index in [0.717, 1.165) is 0 Å². The van der Waals surface area contributed by atoms with Crippen LogP contribution in [0, 0.1) is 0 Å². The number of aliphatic hydroxyl groups is 4. The van der Waals surface area contributed by atoms with E-state index in [1.165, 1.54) is 4.72 Å². The largest absolute Gasteiger partial charge is 0.479 e. The van der Waals surface area contributed by atoms with E-state index in [4.69, 9.17) is 33.0 Å². The maximum Gasteiger partial charge on any atom is 0.397 e. The van der Waals surface area contributed by atoms with E-state index in [-0.39, 0.29) is 0 Å².